The van der Waals surface area contributed by atoms with Gasteiger partial charge < -0.3 is 28.7 Å². The van der Waals surface area contributed by atoms with Crippen LogP contribution in [0.5, 0.6) is 5.75 Å². The lowest BCUT2D eigenvalue weighted by Gasteiger charge is -2.27. The number of azo groups is 1. The van der Waals surface area contributed by atoms with Crippen molar-refractivity contribution in [2.24, 2.45) is 22.3 Å². The first-order valence-electron chi connectivity index (χ1n) is 15.7. The van der Waals surface area contributed by atoms with Crippen LogP contribution in [0.15, 0.2) is 58.4 Å². The maximum absolute atomic E-state index is 9.59. The zero-order valence-electron chi connectivity index (χ0n) is 28.8. The van der Waals surface area contributed by atoms with Crippen LogP contribution in [0.3, 0.4) is 0 Å². The molecule has 13 nitrogen and oxygen atoms in total. The van der Waals surface area contributed by atoms with Crippen molar-refractivity contribution in [1.29, 1.82) is 10.5 Å². The molecule has 0 aliphatic carbocycles. The van der Waals surface area contributed by atoms with Gasteiger partial charge in [0.1, 0.15) is 41.7 Å². The van der Waals surface area contributed by atoms with Crippen LogP contribution in [0, 0.1) is 36.5 Å². The van der Waals surface area contributed by atoms with Crippen molar-refractivity contribution in [1.82, 2.24) is 9.47 Å². The number of aromatic nitrogens is 2. The minimum atomic E-state index is 0.365. The van der Waals surface area contributed by atoms with Crippen LogP contribution >= 0.6 is 11.3 Å². The number of methoxy groups -OCH3 is 1. The van der Waals surface area contributed by atoms with Gasteiger partial charge in [-0.2, -0.15) is 10.5 Å². The first kappa shape index (κ1) is 37.9. The molecular weight excluding hydrogens is 630 g/mol. The average molecular weight is 677 g/mol. The van der Waals surface area contributed by atoms with Crippen molar-refractivity contribution in [3.8, 4) is 17.9 Å². The molecule has 0 radical (unpaired) electrons. The summed E-state index contributed by atoms with van der Waals surface area (Å²) >= 11 is 1.15. The normalized spacial score (nSPS) is 11.5. The third-order valence-corrected chi connectivity index (χ3v) is 8.31. The molecule has 48 heavy (non-hydrogen) atoms. The van der Waals surface area contributed by atoms with E-state index in [9.17, 15) is 10.5 Å². The van der Waals surface area contributed by atoms with Gasteiger partial charge in [0.15, 0.2) is 5.00 Å². The highest BCUT2D eigenvalue weighted by Crippen LogP contribution is 2.38. The van der Waals surface area contributed by atoms with E-state index in [4.69, 9.17) is 18.9 Å². The number of nitrogens with zero attached hydrogens (tertiary/aromatic N) is 9. The summed E-state index contributed by atoms with van der Waals surface area (Å²) in [6.07, 6.45) is 11.7. The van der Waals surface area contributed by atoms with Crippen molar-refractivity contribution in [3.63, 3.8) is 0 Å². The number of ether oxygens (including phenoxy) is 4. The van der Waals surface area contributed by atoms with Gasteiger partial charge in [0.25, 0.3) is 0 Å². The predicted molar refractivity (Wildman–Crippen MR) is 187 cm³/mol. The van der Waals surface area contributed by atoms with Gasteiger partial charge in [-0.05, 0) is 38.0 Å². The van der Waals surface area contributed by atoms with E-state index < -0.39 is 0 Å². The number of benzene rings is 1. The number of thiophene rings is 1. The van der Waals surface area contributed by atoms with E-state index in [0.29, 0.717) is 91.7 Å². The summed E-state index contributed by atoms with van der Waals surface area (Å²) in [6, 6.07) is 8.10. The van der Waals surface area contributed by atoms with E-state index in [2.05, 4.69) is 36.8 Å². The molecule has 2 aromatic heterocycles. The molecule has 0 N–H and O–H groups in total. The number of rotatable bonds is 21. The van der Waals surface area contributed by atoms with E-state index in [-0.39, 0.29) is 0 Å². The number of hydrogen-bond donors (Lipinski definition) is 0. The maximum Gasteiger partial charge on any atom is 0.243 e. The van der Waals surface area contributed by atoms with E-state index >= 15 is 0 Å². The van der Waals surface area contributed by atoms with E-state index in [0.717, 1.165) is 29.1 Å². The van der Waals surface area contributed by atoms with Crippen LogP contribution in [0.4, 0.5) is 16.4 Å². The summed E-state index contributed by atoms with van der Waals surface area (Å²) in [5.74, 6) is 0.621. The van der Waals surface area contributed by atoms with Gasteiger partial charge in [-0.25, -0.2) is 9.13 Å². The van der Waals surface area contributed by atoms with E-state index in [1.165, 1.54) is 0 Å². The third kappa shape index (κ3) is 11.6. The number of aliphatic imine (C=N–C) groups is 1. The first-order valence-corrected chi connectivity index (χ1v) is 16.5. The Bertz CT molecular complexity index is 1610. The summed E-state index contributed by atoms with van der Waals surface area (Å²) < 4.78 is 27.6. The fourth-order valence-electron chi connectivity index (χ4n) is 4.70. The topological polar surface area (TPSA) is 137 Å². The largest absolute Gasteiger partial charge is 0.495 e. The molecule has 0 saturated heterocycles. The summed E-state index contributed by atoms with van der Waals surface area (Å²) in [5.41, 5.74) is 3.34. The Balaban J connectivity index is 1.67. The van der Waals surface area contributed by atoms with Crippen LogP contribution in [-0.2, 0) is 27.8 Å². The van der Waals surface area contributed by atoms with Crippen molar-refractivity contribution >= 4 is 34.1 Å². The molecule has 3 rings (SSSR count). The second-order valence-electron chi connectivity index (χ2n) is 10.7. The SMILES string of the molecule is C/C=C\N(/C=N/C)CCOCCN(CCOCCOCCn1cc[n+](C)c1)c1cc(C)c(/N=N/c2sc(C#N)c(C)c2C#N)cc1OC. The molecule has 0 bridgehead atoms. The number of imidazole rings is 1. The van der Waals surface area contributed by atoms with E-state index in [1.807, 2.05) is 73.5 Å². The van der Waals surface area contributed by atoms with Crippen LogP contribution in [0.1, 0.15) is 28.5 Å². The van der Waals surface area contributed by atoms with Crippen molar-refractivity contribution in [2.75, 3.05) is 78.3 Å². The van der Waals surface area contributed by atoms with Crippen LogP contribution in [0.25, 0.3) is 0 Å². The number of nitriles is 2. The number of hydrogen-bond acceptors (Lipinski definition) is 11. The fourth-order valence-corrected chi connectivity index (χ4v) is 5.57. The highest BCUT2D eigenvalue weighted by molar-refractivity contribution is 7.16. The smallest absolute Gasteiger partial charge is 0.243 e. The Hall–Kier alpha value is -4.60. The van der Waals surface area contributed by atoms with Gasteiger partial charge in [0.05, 0.1) is 77.1 Å². The Kier molecular flexibility index (Phi) is 16.2. The number of aryl methyl sites for hydroxylation is 2. The van der Waals surface area contributed by atoms with Crippen LogP contribution in [-0.4, -0.2) is 89.2 Å². The van der Waals surface area contributed by atoms with Crippen molar-refractivity contribution < 1.29 is 23.5 Å². The van der Waals surface area contributed by atoms with Crippen LogP contribution in [0.2, 0.25) is 0 Å². The fraction of sp³-hybridized carbons (Fsp3) is 0.471. The van der Waals surface area contributed by atoms with E-state index in [1.54, 1.807) is 27.4 Å². The summed E-state index contributed by atoms with van der Waals surface area (Å²) in [6.45, 7) is 11.5. The van der Waals surface area contributed by atoms with Gasteiger partial charge in [-0.15, -0.1) is 21.6 Å². The Morgan fingerprint density at radius 2 is 1.69 bits per heavy atom. The lowest BCUT2D eigenvalue weighted by Crippen LogP contribution is -2.32. The quantitative estimate of drug-likeness (QED) is 0.0493. The monoisotopic (exact) mass is 676 g/mol. The predicted octanol–water partition coefficient (Wildman–Crippen LogP) is 5.21. The summed E-state index contributed by atoms with van der Waals surface area (Å²) in [4.78, 5) is 8.69. The second-order valence-corrected chi connectivity index (χ2v) is 11.7. The number of allylic oxidation sites excluding steroid dienone is 1. The zero-order valence-corrected chi connectivity index (χ0v) is 29.6. The number of anilines is 1. The molecule has 256 valence electrons. The molecule has 0 aliphatic rings. The van der Waals surface area contributed by atoms with Gasteiger partial charge in [-0.3, -0.25) is 4.99 Å². The van der Waals surface area contributed by atoms with Crippen molar-refractivity contribution in [3.05, 3.63) is 64.7 Å². The van der Waals surface area contributed by atoms with Crippen LogP contribution < -0.4 is 14.2 Å². The van der Waals surface area contributed by atoms with Gasteiger partial charge in [0.2, 0.25) is 6.33 Å². The van der Waals surface area contributed by atoms with Crippen molar-refractivity contribution in [2.45, 2.75) is 27.3 Å². The molecule has 2 heterocycles. The average Bonchev–Trinajstić information content (AvgIpc) is 3.64. The molecule has 0 atom stereocenters. The molecule has 0 fully saturated rings. The molecule has 0 amide bonds. The summed E-state index contributed by atoms with van der Waals surface area (Å²) in [5, 5.41) is 28.1. The molecule has 0 unspecified atom stereocenters. The Labute approximate surface area is 287 Å². The lowest BCUT2D eigenvalue weighted by molar-refractivity contribution is -0.671. The highest BCUT2D eigenvalue weighted by atomic mass is 32.1. The minimum Gasteiger partial charge on any atom is -0.495 e. The van der Waals surface area contributed by atoms with Gasteiger partial charge >= 0.3 is 0 Å². The first-order chi connectivity index (χ1) is 23.3. The molecule has 0 aliphatic heterocycles. The maximum atomic E-state index is 9.59. The molecule has 0 saturated carbocycles. The molecule has 1 aromatic carbocycles. The van der Waals surface area contributed by atoms with Gasteiger partial charge in [0, 0.05) is 38.9 Å². The lowest BCUT2D eigenvalue weighted by atomic mass is 10.1. The molecule has 14 heteroatoms. The Morgan fingerprint density at radius 1 is 0.979 bits per heavy atom. The highest BCUT2D eigenvalue weighted by Gasteiger charge is 2.17. The second kappa shape index (κ2) is 20.6. The minimum absolute atomic E-state index is 0.365. The molecular formula is C34H46N9O4S+. The Morgan fingerprint density at radius 3 is 2.31 bits per heavy atom. The third-order valence-electron chi connectivity index (χ3n) is 7.23. The van der Waals surface area contributed by atoms with Gasteiger partial charge in [-0.1, -0.05) is 6.08 Å². The molecule has 0 spiro atoms. The molecule has 3 aromatic rings. The summed E-state index contributed by atoms with van der Waals surface area (Å²) in [7, 11) is 5.35. The standard InChI is InChI=1S/C34H46N9O4S/c1-7-8-41(25-37-4)11-15-45-17-13-43(14-18-47-20-19-46-16-12-42-10-9-40(5)26-42)31-21-27(2)30(22-32(31)44-6)38-39-34-29(23-35)28(3)33(24-36)48-34/h7-10,21-22,25-26H,11-20H2,1-6H3/q+1/b8-7-,37-25+,39-38+. The zero-order chi connectivity index (χ0) is 34.7.